The van der Waals surface area contributed by atoms with Gasteiger partial charge in [-0.2, -0.15) is 34.4 Å². The number of carbonyl (C=O) groups excluding carboxylic acids is 2. The average molecular weight is 409 g/mol. The number of aryl methyl sites for hydroxylation is 2. The van der Waals surface area contributed by atoms with Gasteiger partial charge in [-0.15, -0.1) is 0 Å². The van der Waals surface area contributed by atoms with Crippen LogP contribution in [-0.2, 0) is 22.4 Å². The second-order valence-electron chi connectivity index (χ2n) is 6.38. The molecular weight excluding hydrogens is 384 g/mol. The lowest BCUT2D eigenvalue weighted by atomic mass is 10.1. The standard InChI is InChI=1S/C19H24N2O2S3/c22-18(3-1-15-5-8-24-12-15)20-11-17-14-26-10-7-21(17)19(23)4-2-16-6-9-25-13-16/h5-6,8-9,12-13,17H,1-4,7,10-11,14H2,(H,20,22)/t17-/m1/s1. The van der Waals surface area contributed by atoms with Crippen LogP contribution in [0, 0.1) is 0 Å². The molecule has 0 unspecified atom stereocenters. The number of nitrogens with zero attached hydrogens (tertiary/aromatic N) is 1. The van der Waals surface area contributed by atoms with E-state index in [9.17, 15) is 9.59 Å². The molecule has 1 N–H and O–H groups in total. The molecule has 3 rings (SSSR count). The molecule has 0 aromatic carbocycles. The zero-order valence-electron chi connectivity index (χ0n) is 14.7. The zero-order chi connectivity index (χ0) is 18.2. The van der Waals surface area contributed by atoms with Gasteiger partial charge in [0.05, 0.1) is 6.04 Å². The SMILES string of the molecule is O=C(CCc1ccsc1)NC[C@@H]1CSCCN1C(=O)CCc1ccsc1. The van der Waals surface area contributed by atoms with Crippen LogP contribution in [0.5, 0.6) is 0 Å². The number of hydrogen-bond donors (Lipinski definition) is 1. The third-order valence-electron chi connectivity index (χ3n) is 4.51. The van der Waals surface area contributed by atoms with Crippen molar-refractivity contribution in [3.63, 3.8) is 0 Å². The van der Waals surface area contributed by atoms with Crippen LogP contribution in [0.15, 0.2) is 33.7 Å². The van der Waals surface area contributed by atoms with Crippen LogP contribution in [0.1, 0.15) is 24.0 Å². The van der Waals surface area contributed by atoms with E-state index in [1.54, 1.807) is 22.7 Å². The molecule has 140 valence electrons. The van der Waals surface area contributed by atoms with Crippen LogP contribution in [0.4, 0.5) is 0 Å². The molecule has 0 radical (unpaired) electrons. The summed E-state index contributed by atoms with van der Waals surface area (Å²) in [7, 11) is 0. The van der Waals surface area contributed by atoms with E-state index in [1.807, 2.05) is 27.4 Å². The molecule has 0 spiro atoms. The monoisotopic (exact) mass is 408 g/mol. The van der Waals surface area contributed by atoms with Crippen molar-refractivity contribution < 1.29 is 9.59 Å². The maximum atomic E-state index is 12.6. The molecule has 0 bridgehead atoms. The smallest absolute Gasteiger partial charge is 0.223 e. The van der Waals surface area contributed by atoms with Crippen molar-refractivity contribution >= 4 is 46.2 Å². The van der Waals surface area contributed by atoms with Gasteiger partial charge in [0.1, 0.15) is 0 Å². The van der Waals surface area contributed by atoms with Gasteiger partial charge in [0.15, 0.2) is 0 Å². The Morgan fingerprint density at radius 1 is 1.08 bits per heavy atom. The number of carbonyl (C=O) groups is 2. The third kappa shape index (κ3) is 5.86. The van der Waals surface area contributed by atoms with Gasteiger partial charge >= 0.3 is 0 Å². The summed E-state index contributed by atoms with van der Waals surface area (Å²) in [5.74, 6) is 2.15. The van der Waals surface area contributed by atoms with Crippen LogP contribution in [0.3, 0.4) is 0 Å². The normalized spacial score (nSPS) is 17.2. The van der Waals surface area contributed by atoms with E-state index in [1.165, 1.54) is 11.1 Å². The van der Waals surface area contributed by atoms with E-state index in [0.29, 0.717) is 19.4 Å². The van der Waals surface area contributed by atoms with Gasteiger partial charge in [-0.05, 0) is 57.6 Å². The third-order valence-corrected chi connectivity index (χ3v) is 7.07. The van der Waals surface area contributed by atoms with Gasteiger partial charge in [-0.1, -0.05) is 0 Å². The summed E-state index contributed by atoms with van der Waals surface area (Å²) < 4.78 is 0. The van der Waals surface area contributed by atoms with Gasteiger partial charge < -0.3 is 10.2 Å². The fourth-order valence-corrected chi connectivity index (χ4v) is 5.46. The van der Waals surface area contributed by atoms with Crippen molar-refractivity contribution in [2.75, 3.05) is 24.6 Å². The topological polar surface area (TPSA) is 49.4 Å². The summed E-state index contributed by atoms with van der Waals surface area (Å²) in [5, 5.41) is 11.3. The van der Waals surface area contributed by atoms with Crippen LogP contribution < -0.4 is 5.32 Å². The van der Waals surface area contributed by atoms with Gasteiger partial charge in [-0.25, -0.2) is 0 Å². The summed E-state index contributed by atoms with van der Waals surface area (Å²) in [4.78, 5) is 26.7. The van der Waals surface area contributed by atoms with Gasteiger partial charge in [0.25, 0.3) is 0 Å². The first-order valence-corrected chi connectivity index (χ1v) is 11.9. The molecule has 26 heavy (non-hydrogen) atoms. The lowest BCUT2D eigenvalue weighted by molar-refractivity contribution is -0.133. The highest BCUT2D eigenvalue weighted by Crippen LogP contribution is 2.18. The Hall–Kier alpha value is -1.31. The molecule has 0 saturated carbocycles. The fraction of sp³-hybridized carbons (Fsp3) is 0.474. The predicted molar refractivity (Wildman–Crippen MR) is 111 cm³/mol. The molecule has 1 aliphatic rings. The molecule has 4 nitrogen and oxygen atoms in total. The minimum absolute atomic E-state index is 0.0671. The van der Waals surface area contributed by atoms with E-state index in [0.717, 1.165) is 30.9 Å². The number of hydrogen-bond acceptors (Lipinski definition) is 5. The first kappa shape index (κ1) is 19.5. The predicted octanol–water partition coefficient (Wildman–Crippen LogP) is 3.44. The van der Waals surface area contributed by atoms with E-state index in [2.05, 4.69) is 28.2 Å². The van der Waals surface area contributed by atoms with E-state index in [4.69, 9.17) is 0 Å². The Labute approximate surface area is 167 Å². The molecule has 2 aromatic rings. The summed E-state index contributed by atoms with van der Waals surface area (Å²) in [6, 6.07) is 4.24. The Kier molecular flexibility index (Phi) is 7.58. The molecule has 2 amide bonds. The van der Waals surface area contributed by atoms with E-state index >= 15 is 0 Å². The lowest BCUT2D eigenvalue weighted by Gasteiger charge is -2.35. The van der Waals surface area contributed by atoms with Crippen LogP contribution >= 0.6 is 34.4 Å². The van der Waals surface area contributed by atoms with Crippen molar-refractivity contribution in [3.8, 4) is 0 Å². The first-order valence-electron chi connectivity index (χ1n) is 8.88. The van der Waals surface area contributed by atoms with E-state index < -0.39 is 0 Å². The number of thioether (sulfide) groups is 1. The summed E-state index contributed by atoms with van der Waals surface area (Å²) in [5.41, 5.74) is 2.44. The molecule has 1 fully saturated rings. The second kappa shape index (κ2) is 10.1. The zero-order valence-corrected chi connectivity index (χ0v) is 17.1. The quantitative estimate of drug-likeness (QED) is 0.728. The number of rotatable bonds is 8. The van der Waals surface area contributed by atoms with Crippen molar-refractivity contribution in [2.45, 2.75) is 31.7 Å². The van der Waals surface area contributed by atoms with Crippen LogP contribution in [0.2, 0.25) is 0 Å². The summed E-state index contributed by atoms with van der Waals surface area (Å²) in [6.07, 6.45) is 2.62. The highest BCUT2D eigenvalue weighted by Gasteiger charge is 2.27. The largest absolute Gasteiger partial charge is 0.354 e. The van der Waals surface area contributed by atoms with Gasteiger partial charge in [-0.3, -0.25) is 9.59 Å². The van der Waals surface area contributed by atoms with Gasteiger partial charge in [0.2, 0.25) is 11.8 Å². The molecule has 2 aromatic heterocycles. The minimum Gasteiger partial charge on any atom is -0.354 e. The van der Waals surface area contributed by atoms with Crippen LogP contribution in [0.25, 0.3) is 0 Å². The Bertz CT molecular complexity index is 686. The summed E-state index contributed by atoms with van der Waals surface area (Å²) in [6.45, 7) is 1.34. The molecular formula is C19H24N2O2S3. The fourth-order valence-electron chi connectivity index (χ4n) is 2.99. The number of thiophene rings is 2. The van der Waals surface area contributed by atoms with Crippen molar-refractivity contribution in [1.82, 2.24) is 10.2 Å². The average Bonchev–Trinajstić information content (AvgIpc) is 3.36. The number of amides is 2. The minimum atomic E-state index is 0.0671. The van der Waals surface area contributed by atoms with Crippen molar-refractivity contribution in [1.29, 1.82) is 0 Å². The Morgan fingerprint density at radius 3 is 2.42 bits per heavy atom. The number of nitrogens with one attached hydrogen (secondary N) is 1. The summed E-state index contributed by atoms with van der Waals surface area (Å²) >= 11 is 5.18. The van der Waals surface area contributed by atoms with Gasteiger partial charge in [0, 0.05) is 37.4 Å². The molecule has 1 atom stereocenters. The highest BCUT2D eigenvalue weighted by molar-refractivity contribution is 7.99. The maximum absolute atomic E-state index is 12.6. The van der Waals surface area contributed by atoms with Crippen LogP contribution in [-0.4, -0.2) is 47.4 Å². The Morgan fingerprint density at radius 2 is 1.77 bits per heavy atom. The molecule has 0 aliphatic carbocycles. The molecule has 7 heteroatoms. The Balaban J connectivity index is 1.43. The maximum Gasteiger partial charge on any atom is 0.223 e. The lowest BCUT2D eigenvalue weighted by Crippen LogP contribution is -2.51. The molecule has 1 saturated heterocycles. The van der Waals surface area contributed by atoms with Crippen molar-refractivity contribution in [3.05, 3.63) is 44.8 Å². The van der Waals surface area contributed by atoms with Crippen molar-refractivity contribution in [2.24, 2.45) is 0 Å². The van der Waals surface area contributed by atoms with E-state index in [-0.39, 0.29) is 17.9 Å². The molecule has 1 aliphatic heterocycles. The second-order valence-corrected chi connectivity index (χ2v) is 9.09. The first-order chi connectivity index (χ1) is 12.7. The highest BCUT2D eigenvalue weighted by atomic mass is 32.2. The molecule has 3 heterocycles.